The van der Waals surface area contributed by atoms with Crippen molar-refractivity contribution in [2.45, 2.75) is 33.4 Å². The summed E-state index contributed by atoms with van der Waals surface area (Å²) in [6.45, 7) is 6.66. The molecule has 0 bridgehead atoms. The fourth-order valence-electron chi connectivity index (χ4n) is 3.08. The highest BCUT2D eigenvalue weighted by Gasteiger charge is 2.25. The first-order valence-corrected chi connectivity index (χ1v) is 8.88. The lowest BCUT2D eigenvalue weighted by atomic mass is 10.0. The van der Waals surface area contributed by atoms with Crippen molar-refractivity contribution in [1.82, 2.24) is 14.7 Å². The summed E-state index contributed by atoms with van der Waals surface area (Å²) in [5, 5.41) is 4.40. The van der Waals surface area contributed by atoms with Gasteiger partial charge >= 0.3 is 0 Å². The third-order valence-electron chi connectivity index (χ3n) is 4.95. The third-order valence-corrected chi connectivity index (χ3v) is 4.95. The van der Waals surface area contributed by atoms with Gasteiger partial charge in [-0.2, -0.15) is 5.10 Å². The molecule has 0 spiro atoms. The van der Waals surface area contributed by atoms with E-state index < -0.39 is 0 Å². The van der Waals surface area contributed by atoms with Crippen LogP contribution in [0.25, 0.3) is 0 Å². The molecule has 1 heterocycles. The summed E-state index contributed by atoms with van der Waals surface area (Å²) in [6, 6.07) is 20.1. The Morgan fingerprint density at radius 3 is 2.35 bits per heavy atom. The van der Waals surface area contributed by atoms with Crippen LogP contribution in [-0.2, 0) is 13.6 Å². The molecule has 1 aromatic heterocycles. The van der Waals surface area contributed by atoms with Crippen molar-refractivity contribution in [2.75, 3.05) is 0 Å². The minimum absolute atomic E-state index is 0.0479. The molecule has 0 fully saturated rings. The second kappa shape index (κ2) is 7.56. The zero-order valence-corrected chi connectivity index (χ0v) is 15.8. The largest absolute Gasteiger partial charge is 0.326 e. The van der Waals surface area contributed by atoms with Crippen molar-refractivity contribution < 1.29 is 4.79 Å². The normalized spacial score (nSPS) is 12.0. The van der Waals surface area contributed by atoms with Crippen LogP contribution in [0.15, 0.2) is 60.7 Å². The fraction of sp³-hybridized carbons (Fsp3) is 0.273. The summed E-state index contributed by atoms with van der Waals surface area (Å²) in [6.07, 6.45) is 0. The molecule has 0 N–H and O–H groups in total. The quantitative estimate of drug-likeness (QED) is 0.684. The maximum absolute atomic E-state index is 13.3. The topological polar surface area (TPSA) is 38.1 Å². The Balaban J connectivity index is 1.98. The van der Waals surface area contributed by atoms with Crippen LogP contribution in [0.5, 0.6) is 0 Å². The highest BCUT2D eigenvalue weighted by Crippen LogP contribution is 2.25. The van der Waals surface area contributed by atoms with Crippen LogP contribution in [-0.4, -0.2) is 20.6 Å². The molecule has 3 aromatic rings. The Kier molecular flexibility index (Phi) is 5.21. The molecule has 0 aliphatic rings. The van der Waals surface area contributed by atoms with Crippen LogP contribution in [0.1, 0.15) is 45.8 Å². The van der Waals surface area contributed by atoms with E-state index in [1.807, 2.05) is 55.3 Å². The van der Waals surface area contributed by atoms with Gasteiger partial charge in [0, 0.05) is 19.3 Å². The first kappa shape index (κ1) is 17.9. The molecule has 0 unspecified atom stereocenters. The van der Waals surface area contributed by atoms with E-state index in [1.54, 1.807) is 4.68 Å². The van der Waals surface area contributed by atoms with E-state index in [0.29, 0.717) is 12.2 Å². The van der Waals surface area contributed by atoms with Crippen LogP contribution < -0.4 is 0 Å². The van der Waals surface area contributed by atoms with Gasteiger partial charge in [0.05, 0.1) is 6.04 Å². The molecule has 4 heteroatoms. The zero-order chi connectivity index (χ0) is 18.7. The summed E-state index contributed by atoms with van der Waals surface area (Å²) in [4.78, 5) is 15.2. The van der Waals surface area contributed by atoms with Crippen molar-refractivity contribution in [3.63, 3.8) is 0 Å². The predicted octanol–water partition coefficient (Wildman–Crippen LogP) is 4.44. The first-order valence-electron chi connectivity index (χ1n) is 8.88. The number of rotatable bonds is 5. The summed E-state index contributed by atoms with van der Waals surface area (Å²) >= 11 is 0. The van der Waals surface area contributed by atoms with Crippen molar-refractivity contribution in [3.05, 3.63) is 88.7 Å². The van der Waals surface area contributed by atoms with Crippen LogP contribution >= 0.6 is 0 Å². The van der Waals surface area contributed by atoms with Crippen molar-refractivity contribution in [2.24, 2.45) is 7.05 Å². The number of hydrogen-bond donors (Lipinski definition) is 0. The van der Waals surface area contributed by atoms with Gasteiger partial charge in [0.25, 0.3) is 5.91 Å². The molecule has 0 saturated carbocycles. The minimum Gasteiger partial charge on any atom is -0.326 e. The molecule has 0 aliphatic heterocycles. The van der Waals surface area contributed by atoms with E-state index in [-0.39, 0.29) is 11.9 Å². The number of benzene rings is 2. The van der Waals surface area contributed by atoms with Crippen molar-refractivity contribution >= 4 is 5.91 Å². The lowest BCUT2D eigenvalue weighted by Crippen LogP contribution is -2.33. The Hall–Kier alpha value is -2.88. The van der Waals surface area contributed by atoms with Gasteiger partial charge in [-0.05, 0) is 43.5 Å². The van der Waals surface area contributed by atoms with Gasteiger partial charge in [-0.25, -0.2) is 0 Å². The summed E-state index contributed by atoms with van der Waals surface area (Å²) in [7, 11) is 1.86. The molecule has 1 atom stereocenters. The fourth-order valence-corrected chi connectivity index (χ4v) is 3.08. The number of amides is 1. The van der Waals surface area contributed by atoms with E-state index >= 15 is 0 Å². The zero-order valence-electron chi connectivity index (χ0n) is 15.8. The highest BCUT2D eigenvalue weighted by atomic mass is 16.2. The molecule has 134 valence electrons. The Morgan fingerprint density at radius 1 is 1.08 bits per heavy atom. The predicted molar refractivity (Wildman–Crippen MR) is 104 cm³/mol. The molecule has 0 radical (unpaired) electrons. The van der Waals surface area contributed by atoms with E-state index in [0.717, 1.165) is 16.8 Å². The van der Waals surface area contributed by atoms with Crippen LogP contribution in [0.2, 0.25) is 0 Å². The van der Waals surface area contributed by atoms with Crippen molar-refractivity contribution in [3.8, 4) is 0 Å². The number of carbonyl (C=O) groups is 1. The van der Waals surface area contributed by atoms with Gasteiger partial charge in [-0.3, -0.25) is 9.48 Å². The molecule has 0 aliphatic carbocycles. The van der Waals surface area contributed by atoms with E-state index in [1.165, 1.54) is 5.56 Å². The number of carbonyl (C=O) groups excluding carboxylic acids is 1. The number of hydrogen-bond acceptors (Lipinski definition) is 2. The van der Waals surface area contributed by atoms with Gasteiger partial charge < -0.3 is 4.90 Å². The smallest absolute Gasteiger partial charge is 0.275 e. The molecule has 2 aromatic carbocycles. The van der Waals surface area contributed by atoms with Gasteiger partial charge in [0.1, 0.15) is 0 Å². The molecule has 1 amide bonds. The second-order valence-corrected chi connectivity index (χ2v) is 6.74. The average molecular weight is 347 g/mol. The van der Waals surface area contributed by atoms with Gasteiger partial charge in [0.15, 0.2) is 5.69 Å². The Bertz CT molecular complexity index is 879. The Labute approximate surface area is 155 Å². The third kappa shape index (κ3) is 3.69. The van der Waals surface area contributed by atoms with Crippen LogP contribution in [0.4, 0.5) is 0 Å². The summed E-state index contributed by atoms with van der Waals surface area (Å²) in [5.74, 6) is -0.0479. The monoisotopic (exact) mass is 347 g/mol. The van der Waals surface area contributed by atoms with Crippen molar-refractivity contribution in [1.29, 1.82) is 0 Å². The van der Waals surface area contributed by atoms with Gasteiger partial charge in [-0.15, -0.1) is 0 Å². The molecule has 4 nitrogen and oxygen atoms in total. The standard InChI is InChI=1S/C22H25N3O/c1-16-10-8-9-13-20(16)15-25(18(3)19-11-6-5-7-12-19)22(26)21-14-17(2)24(4)23-21/h5-14,18H,15H2,1-4H3/t18-/m0/s1. The van der Waals surface area contributed by atoms with Crippen LogP contribution in [0.3, 0.4) is 0 Å². The average Bonchev–Trinajstić information content (AvgIpc) is 2.99. The molecular weight excluding hydrogens is 322 g/mol. The number of nitrogens with zero attached hydrogens (tertiary/aromatic N) is 3. The molecule has 0 saturated heterocycles. The first-order chi connectivity index (χ1) is 12.5. The second-order valence-electron chi connectivity index (χ2n) is 6.74. The lowest BCUT2D eigenvalue weighted by molar-refractivity contribution is 0.0667. The molecule has 3 rings (SSSR count). The minimum atomic E-state index is -0.0504. The lowest BCUT2D eigenvalue weighted by Gasteiger charge is -2.30. The summed E-state index contributed by atoms with van der Waals surface area (Å²) in [5.41, 5.74) is 4.90. The van der Waals surface area contributed by atoms with E-state index in [4.69, 9.17) is 0 Å². The van der Waals surface area contributed by atoms with Crippen LogP contribution in [0, 0.1) is 13.8 Å². The van der Waals surface area contributed by atoms with Gasteiger partial charge in [-0.1, -0.05) is 54.6 Å². The molecular formula is C22H25N3O. The maximum Gasteiger partial charge on any atom is 0.275 e. The van der Waals surface area contributed by atoms with Gasteiger partial charge in [0.2, 0.25) is 0 Å². The number of aromatic nitrogens is 2. The molecule has 26 heavy (non-hydrogen) atoms. The highest BCUT2D eigenvalue weighted by molar-refractivity contribution is 5.92. The van der Waals surface area contributed by atoms with E-state index in [9.17, 15) is 4.79 Å². The maximum atomic E-state index is 13.3. The summed E-state index contributed by atoms with van der Waals surface area (Å²) < 4.78 is 1.74. The Morgan fingerprint density at radius 2 is 1.73 bits per heavy atom. The SMILES string of the molecule is Cc1ccccc1CN(C(=O)c1cc(C)n(C)n1)[C@@H](C)c1ccccc1. The number of aryl methyl sites for hydroxylation is 3. The van der Waals surface area contributed by atoms with E-state index in [2.05, 4.69) is 43.2 Å².